The van der Waals surface area contributed by atoms with Crippen LogP contribution in [-0.4, -0.2) is 30.2 Å². The first kappa shape index (κ1) is 20.5. The highest BCUT2D eigenvalue weighted by Gasteiger charge is 2.34. The summed E-state index contributed by atoms with van der Waals surface area (Å²) in [6.07, 6.45) is 4.59. The summed E-state index contributed by atoms with van der Waals surface area (Å²) in [6, 6.07) is 18.2. The molecule has 2 aromatic carbocycles. The number of hydrogen-bond acceptors (Lipinski definition) is 4. The van der Waals surface area contributed by atoms with Crippen LogP contribution in [0.3, 0.4) is 0 Å². The van der Waals surface area contributed by atoms with Crippen molar-refractivity contribution >= 4 is 17.9 Å². The Morgan fingerprint density at radius 1 is 1.12 bits per heavy atom. The molecule has 1 unspecified atom stereocenters. The van der Waals surface area contributed by atoms with Gasteiger partial charge in [-0.2, -0.15) is 0 Å². The summed E-state index contributed by atoms with van der Waals surface area (Å²) in [5.41, 5.74) is 4.57. The van der Waals surface area contributed by atoms with Gasteiger partial charge in [0.25, 0.3) is 0 Å². The minimum atomic E-state index is -0.0786. The molecule has 5 rings (SSSR count). The first-order chi connectivity index (χ1) is 15.7. The lowest BCUT2D eigenvalue weighted by atomic mass is 9.88. The Morgan fingerprint density at radius 2 is 1.94 bits per heavy atom. The number of carbonyl (C=O) groups is 1. The van der Waals surface area contributed by atoms with Crippen molar-refractivity contribution in [3.05, 3.63) is 83.0 Å². The van der Waals surface area contributed by atoms with Crippen LogP contribution in [0.15, 0.2) is 65.8 Å². The highest BCUT2D eigenvalue weighted by Crippen LogP contribution is 2.37. The zero-order chi connectivity index (χ0) is 21.9. The third kappa shape index (κ3) is 4.18. The van der Waals surface area contributed by atoms with Crippen molar-refractivity contribution in [2.24, 2.45) is 10.9 Å². The molecule has 1 aromatic heterocycles. The monoisotopic (exact) mass is 428 g/mol. The fourth-order valence-electron chi connectivity index (χ4n) is 4.68. The first-order valence-electron chi connectivity index (χ1n) is 11.2. The topological polar surface area (TPSA) is 78.5 Å². The Hall–Kier alpha value is -3.38. The van der Waals surface area contributed by atoms with E-state index in [0.29, 0.717) is 13.1 Å². The van der Waals surface area contributed by atoms with Gasteiger partial charge >= 0.3 is 0 Å². The van der Waals surface area contributed by atoms with Crippen LogP contribution < -0.4 is 15.4 Å². The number of aromatic amines is 1. The molecular weight excluding hydrogens is 400 g/mol. The maximum absolute atomic E-state index is 12.9. The third-order valence-electron chi connectivity index (χ3n) is 6.41. The molecule has 0 saturated carbocycles. The van der Waals surface area contributed by atoms with E-state index in [1.54, 1.807) is 0 Å². The van der Waals surface area contributed by atoms with Crippen LogP contribution in [0.25, 0.3) is 0 Å². The number of benzene rings is 2. The van der Waals surface area contributed by atoms with E-state index in [9.17, 15) is 4.79 Å². The lowest BCUT2D eigenvalue weighted by Gasteiger charge is -2.22. The zero-order valence-corrected chi connectivity index (χ0v) is 18.2. The van der Waals surface area contributed by atoms with Crippen molar-refractivity contribution < 1.29 is 9.53 Å². The summed E-state index contributed by atoms with van der Waals surface area (Å²) in [4.78, 5) is 20.5. The molecule has 2 aliphatic heterocycles. The molecule has 0 spiro atoms. The maximum atomic E-state index is 12.9. The highest BCUT2D eigenvalue weighted by atomic mass is 16.5. The number of aromatic nitrogens is 1. The van der Waals surface area contributed by atoms with Gasteiger partial charge in [-0.05, 0) is 35.7 Å². The number of aliphatic imine (C=N–C) groups is 1. The number of hydrogen-bond donors (Lipinski definition) is 3. The maximum Gasteiger partial charge on any atom is 0.225 e. The number of H-pyrrole nitrogens is 1. The number of aryl methyl sites for hydroxylation is 1. The number of rotatable bonds is 6. The summed E-state index contributed by atoms with van der Waals surface area (Å²) < 4.78 is 6.29. The predicted octanol–water partition coefficient (Wildman–Crippen LogP) is 4.17. The Labute approximate surface area is 188 Å². The van der Waals surface area contributed by atoms with Crippen LogP contribution in [0.4, 0.5) is 5.82 Å². The third-order valence-corrected chi connectivity index (χ3v) is 6.41. The minimum Gasteiger partial charge on any atom is -0.485 e. The quantitative estimate of drug-likeness (QED) is 0.551. The standard InChI is InChI=1S/C26H28N4O2/c1-17-13-29-25-24(17)23(11-12-28-25)32-20-9-7-19(8-10-20)21-15-27-16-22(21)26(31)30-14-18-5-3-2-4-6-18/h2-10,12-13,21-23,27,29H,11,14-16H2,1H3,(H,30,31)/t21-,22+,23?/m0/s1. The number of carbonyl (C=O) groups excluding carboxylic acids is 1. The second kappa shape index (κ2) is 9.01. The SMILES string of the molecule is Cc1c[nH]c2c1C(Oc1ccc([C@@H]3CNC[C@H]3C(=O)NCc3ccccc3)cc1)CC=N2. The Bertz CT molecular complexity index is 1100. The fraction of sp³-hybridized carbons (Fsp3) is 0.308. The molecule has 6 nitrogen and oxygen atoms in total. The molecule has 1 saturated heterocycles. The van der Waals surface area contributed by atoms with E-state index in [-0.39, 0.29) is 23.8 Å². The van der Waals surface area contributed by atoms with Gasteiger partial charge < -0.3 is 20.4 Å². The zero-order valence-electron chi connectivity index (χ0n) is 18.2. The van der Waals surface area contributed by atoms with Gasteiger partial charge in [0.1, 0.15) is 17.7 Å². The van der Waals surface area contributed by atoms with Gasteiger partial charge in [0, 0.05) is 49.9 Å². The van der Waals surface area contributed by atoms with Gasteiger partial charge in [-0.1, -0.05) is 42.5 Å². The van der Waals surface area contributed by atoms with E-state index in [1.165, 1.54) is 5.56 Å². The second-order valence-corrected chi connectivity index (χ2v) is 8.53. The van der Waals surface area contributed by atoms with Crippen molar-refractivity contribution in [1.29, 1.82) is 0 Å². The Balaban J connectivity index is 1.24. The number of fused-ring (bicyclic) bond motifs is 1. The van der Waals surface area contributed by atoms with Crippen LogP contribution in [-0.2, 0) is 11.3 Å². The van der Waals surface area contributed by atoms with E-state index >= 15 is 0 Å². The molecule has 1 amide bonds. The summed E-state index contributed by atoms with van der Waals surface area (Å²) >= 11 is 0. The van der Waals surface area contributed by atoms with E-state index in [1.807, 2.05) is 54.9 Å². The Morgan fingerprint density at radius 3 is 2.75 bits per heavy atom. The van der Waals surface area contributed by atoms with Crippen molar-refractivity contribution in [3.63, 3.8) is 0 Å². The van der Waals surface area contributed by atoms with Crippen LogP contribution in [0, 0.1) is 12.8 Å². The number of nitrogens with one attached hydrogen (secondary N) is 3. The Kier molecular flexibility index (Phi) is 5.77. The molecule has 6 heteroatoms. The largest absolute Gasteiger partial charge is 0.485 e. The second-order valence-electron chi connectivity index (χ2n) is 8.53. The normalized spacial score (nSPS) is 21.8. The van der Waals surface area contributed by atoms with E-state index in [0.717, 1.165) is 41.2 Å². The minimum absolute atomic E-state index is 0.0377. The summed E-state index contributed by atoms with van der Waals surface area (Å²) in [5, 5.41) is 6.48. The predicted molar refractivity (Wildman–Crippen MR) is 125 cm³/mol. The summed E-state index contributed by atoms with van der Waals surface area (Å²) in [5.74, 6) is 1.89. The van der Waals surface area contributed by atoms with E-state index in [4.69, 9.17) is 4.74 Å². The first-order valence-corrected chi connectivity index (χ1v) is 11.2. The van der Waals surface area contributed by atoms with Gasteiger partial charge in [0.2, 0.25) is 5.91 Å². The van der Waals surface area contributed by atoms with Crippen LogP contribution in [0.2, 0.25) is 0 Å². The van der Waals surface area contributed by atoms with Crippen LogP contribution in [0.1, 0.15) is 40.7 Å². The smallest absolute Gasteiger partial charge is 0.225 e. The molecule has 0 aliphatic carbocycles. The van der Waals surface area contributed by atoms with Gasteiger partial charge in [-0.15, -0.1) is 0 Å². The average Bonchev–Trinajstić information content (AvgIpc) is 3.47. The van der Waals surface area contributed by atoms with Gasteiger partial charge in [0.05, 0.1) is 5.92 Å². The number of amides is 1. The van der Waals surface area contributed by atoms with Crippen molar-refractivity contribution in [2.45, 2.75) is 31.9 Å². The van der Waals surface area contributed by atoms with Gasteiger partial charge in [-0.3, -0.25) is 4.79 Å². The molecule has 32 heavy (non-hydrogen) atoms. The van der Waals surface area contributed by atoms with Crippen molar-refractivity contribution in [1.82, 2.24) is 15.6 Å². The lowest BCUT2D eigenvalue weighted by molar-refractivity contribution is -0.125. The van der Waals surface area contributed by atoms with Crippen molar-refractivity contribution in [3.8, 4) is 5.75 Å². The highest BCUT2D eigenvalue weighted by molar-refractivity contribution is 5.80. The van der Waals surface area contributed by atoms with E-state index in [2.05, 4.69) is 39.7 Å². The fourth-order valence-corrected chi connectivity index (χ4v) is 4.68. The van der Waals surface area contributed by atoms with Crippen LogP contribution in [0.5, 0.6) is 5.75 Å². The van der Waals surface area contributed by atoms with Gasteiger partial charge in [-0.25, -0.2) is 4.99 Å². The summed E-state index contributed by atoms with van der Waals surface area (Å²) in [7, 11) is 0. The molecule has 164 valence electrons. The molecule has 1 fully saturated rings. The molecule has 0 bridgehead atoms. The molecule has 0 radical (unpaired) electrons. The average molecular weight is 429 g/mol. The van der Waals surface area contributed by atoms with Gasteiger partial charge in [0.15, 0.2) is 0 Å². The lowest BCUT2D eigenvalue weighted by Crippen LogP contribution is -2.34. The van der Waals surface area contributed by atoms with Crippen molar-refractivity contribution in [2.75, 3.05) is 13.1 Å². The van der Waals surface area contributed by atoms with Crippen LogP contribution >= 0.6 is 0 Å². The molecule has 3 heterocycles. The molecule has 3 N–H and O–H groups in total. The molecular formula is C26H28N4O2. The van der Waals surface area contributed by atoms with E-state index < -0.39 is 0 Å². The summed E-state index contributed by atoms with van der Waals surface area (Å²) in [6.45, 7) is 4.13. The number of ether oxygens (including phenoxy) is 1. The molecule has 3 atom stereocenters. The molecule has 2 aliphatic rings. The number of nitrogens with zero attached hydrogens (tertiary/aromatic N) is 1. The molecule has 3 aromatic rings.